The number of nitrogens with two attached hydrogens (primary N) is 1. The fourth-order valence-corrected chi connectivity index (χ4v) is 2.88. The minimum atomic E-state index is -0.235. The molecule has 138 valence electrons. The molecule has 0 aromatic heterocycles. The molecule has 3 N–H and O–H groups in total. The molecule has 0 spiro atoms. The van der Waals surface area contributed by atoms with Crippen molar-refractivity contribution in [3.05, 3.63) is 48.0 Å². The van der Waals surface area contributed by atoms with Crippen LogP contribution in [0.5, 0.6) is 5.75 Å². The molecule has 1 saturated heterocycles. The van der Waals surface area contributed by atoms with Crippen LogP contribution >= 0.6 is 12.4 Å². The molecule has 0 radical (unpaired) electrons. The fourth-order valence-electron chi connectivity index (χ4n) is 2.88. The Labute approximate surface area is 158 Å². The van der Waals surface area contributed by atoms with Crippen LogP contribution in [0.4, 0.5) is 17.1 Å². The Kier molecular flexibility index (Phi) is 6.46. The molecule has 7 heteroatoms. The number of hydrogen-bond acceptors (Lipinski definition) is 4. The highest BCUT2D eigenvalue weighted by atomic mass is 35.5. The van der Waals surface area contributed by atoms with Crippen LogP contribution in [-0.4, -0.2) is 25.5 Å². The molecule has 0 saturated carbocycles. The monoisotopic (exact) mass is 375 g/mol. The van der Waals surface area contributed by atoms with Gasteiger partial charge in [-0.25, -0.2) is 0 Å². The normalized spacial score (nSPS) is 13.7. The van der Waals surface area contributed by atoms with Crippen molar-refractivity contribution in [2.24, 2.45) is 0 Å². The lowest BCUT2D eigenvalue weighted by atomic mass is 10.1. The van der Waals surface area contributed by atoms with Crippen LogP contribution in [-0.2, 0) is 4.79 Å². The van der Waals surface area contributed by atoms with Gasteiger partial charge in [0.05, 0.1) is 12.8 Å². The number of nitrogens with one attached hydrogen (secondary N) is 1. The minimum absolute atomic E-state index is 0. The summed E-state index contributed by atoms with van der Waals surface area (Å²) in [7, 11) is 1.57. The van der Waals surface area contributed by atoms with E-state index in [-0.39, 0.29) is 24.2 Å². The Hall–Kier alpha value is -2.73. The summed E-state index contributed by atoms with van der Waals surface area (Å²) in [5.74, 6) is 0.452. The Morgan fingerprint density at radius 3 is 2.54 bits per heavy atom. The number of methoxy groups -OCH3 is 1. The molecule has 6 nitrogen and oxygen atoms in total. The zero-order valence-corrected chi connectivity index (χ0v) is 15.3. The molecule has 2 aromatic carbocycles. The van der Waals surface area contributed by atoms with Crippen molar-refractivity contribution in [1.29, 1.82) is 0 Å². The van der Waals surface area contributed by atoms with Crippen molar-refractivity contribution >= 4 is 41.3 Å². The number of amides is 2. The zero-order valence-electron chi connectivity index (χ0n) is 14.5. The highest BCUT2D eigenvalue weighted by Crippen LogP contribution is 2.33. The average molecular weight is 376 g/mol. The second kappa shape index (κ2) is 8.58. The van der Waals surface area contributed by atoms with Gasteiger partial charge in [-0.1, -0.05) is 0 Å². The van der Waals surface area contributed by atoms with E-state index in [1.165, 1.54) is 0 Å². The van der Waals surface area contributed by atoms with E-state index in [1.54, 1.807) is 54.5 Å². The summed E-state index contributed by atoms with van der Waals surface area (Å²) in [4.78, 5) is 26.3. The molecular formula is C19H22ClN3O3. The van der Waals surface area contributed by atoms with Gasteiger partial charge >= 0.3 is 0 Å². The van der Waals surface area contributed by atoms with Crippen molar-refractivity contribution in [3.63, 3.8) is 0 Å². The van der Waals surface area contributed by atoms with Crippen molar-refractivity contribution < 1.29 is 14.3 Å². The summed E-state index contributed by atoms with van der Waals surface area (Å²) >= 11 is 0. The lowest BCUT2D eigenvalue weighted by Crippen LogP contribution is -2.35. The molecule has 2 amide bonds. The van der Waals surface area contributed by atoms with Crippen molar-refractivity contribution in [2.75, 3.05) is 29.6 Å². The maximum absolute atomic E-state index is 12.4. The van der Waals surface area contributed by atoms with Gasteiger partial charge < -0.3 is 20.7 Å². The summed E-state index contributed by atoms with van der Waals surface area (Å²) in [5.41, 5.74) is 8.05. The SMILES string of the molecule is COc1ccc(NC(=O)c2ccc(N)cc2)cc1N1CCCCC1=O.Cl. The molecular weight excluding hydrogens is 354 g/mol. The van der Waals surface area contributed by atoms with Crippen LogP contribution in [0.3, 0.4) is 0 Å². The molecule has 26 heavy (non-hydrogen) atoms. The molecule has 0 atom stereocenters. The number of nitrogens with zero attached hydrogens (tertiary/aromatic N) is 1. The third-order valence-electron chi connectivity index (χ3n) is 4.22. The number of halogens is 1. The molecule has 1 aliphatic heterocycles. The van der Waals surface area contributed by atoms with E-state index in [1.807, 2.05) is 0 Å². The van der Waals surface area contributed by atoms with Crippen LogP contribution in [0, 0.1) is 0 Å². The van der Waals surface area contributed by atoms with Gasteiger partial charge in [0.2, 0.25) is 5.91 Å². The van der Waals surface area contributed by atoms with Gasteiger partial charge in [0.15, 0.2) is 0 Å². The van der Waals surface area contributed by atoms with Crippen molar-refractivity contribution in [3.8, 4) is 5.75 Å². The Balaban J connectivity index is 0.00000243. The number of benzene rings is 2. The number of piperidine rings is 1. The van der Waals surface area contributed by atoms with E-state index >= 15 is 0 Å². The fraction of sp³-hybridized carbons (Fsp3) is 0.263. The number of hydrogen-bond donors (Lipinski definition) is 2. The number of ether oxygens (including phenoxy) is 1. The lowest BCUT2D eigenvalue weighted by molar-refractivity contribution is -0.119. The second-order valence-corrected chi connectivity index (χ2v) is 5.97. The zero-order chi connectivity index (χ0) is 17.8. The first-order valence-electron chi connectivity index (χ1n) is 8.24. The summed E-state index contributed by atoms with van der Waals surface area (Å²) in [6, 6.07) is 12.0. The van der Waals surface area contributed by atoms with E-state index in [0.29, 0.717) is 41.3 Å². The molecule has 0 aliphatic carbocycles. The molecule has 1 fully saturated rings. The number of carbonyl (C=O) groups is 2. The third kappa shape index (κ3) is 4.26. The third-order valence-corrected chi connectivity index (χ3v) is 4.22. The minimum Gasteiger partial charge on any atom is -0.495 e. The molecule has 1 aliphatic rings. The maximum atomic E-state index is 12.4. The van der Waals surface area contributed by atoms with Gasteiger partial charge in [0.25, 0.3) is 5.91 Å². The van der Waals surface area contributed by atoms with Gasteiger partial charge in [-0.2, -0.15) is 0 Å². The van der Waals surface area contributed by atoms with E-state index in [4.69, 9.17) is 10.5 Å². The van der Waals surface area contributed by atoms with Crippen LogP contribution in [0.25, 0.3) is 0 Å². The number of carbonyl (C=O) groups excluding carboxylic acids is 2. The van der Waals surface area contributed by atoms with E-state index in [9.17, 15) is 9.59 Å². The van der Waals surface area contributed by atoms with Crippen LogP contribution in [0.15, 0.2) is 42.5 Å². The number of nitrogen functional groups attached to an aromatic ring is 1. The summed E-state index contributed by atoms with van der Waals surface area (Å²) in [5, 5.41) is 2.85. The van der Waals surface area contributed by atoms with Crippen LogP contribution in [0.2, 0.25) is 0 Å². The lowest BCUT2D eigenvalue weighted by Gasteiger charge is -2.28. The molecule has 1 heterocycles. The van der Waals surface area contributed by atoms with Crippen molar-refractivity contribution in [2.45, 2.75) is 19.3 Å². The molecule has 0 unspecified atom stereocenters. The van der Waals surface area contributed by atoms with Gasteiger partial charge in [0.1, 0.15) is 5.75 Å². The van der Waals surface area contributed by atoms with E-state index in [2.05, 4.69) is 5.32 Å². The average Bonchev–Trinajstić information content (AvgIpc) is 2.62. The molecule has 2 aromatic rings. The van der Waals surface area contributed by atoms with Gasteiger partial charge in [-0.3, -0.25) is 9.59 Å². The predicted molar refractivity (Wildman–Crippen MR) is 105 cm³/mol. The highest BCUT2D eigenvalue weighted by molar-refractivity contribution is 6.05. The standard InChI is InChI=1S/C19H21N3O3.ClH/c1-25-17-10-9-15(12-16(17)22-11-3-2-4-18(22)23)21-19(24)13-5-7-14(20)8-6-13;/h5-10,12H,2-4,11,20H2,1H3,(H,21,24);1H. The Morgan fingerprint density at radius 2 is 1.88 bits per heavy atom. The maximum Gasteiger partial charge on any atom is 0.255 e. The number of anilines is 3. The Morgan fingerprint density at radius 1 is 1.15 bits per heavy atom. The topological polar surface area (TPSA) is 84.7 Å². The smallest absolute Gasteiger partial charge is 0.255 e. The van der Waals surface area contributed by atoms with Crippen LogP contribution in [0.1, 0.15) is 29.6 Å². The Bertz CT molecular complexity index is 793. The van der Waals surface area contributed by atoms with E-state index < -0.39 is 0 Å². The van der Waals surface area contributed by atoms with Gasteiger partial charge in [0, 0.05) is 29.9 Å². The summed E-state index contributed by atoms with van der Waals surface area (Å²) in [6.07, 6.45) is 2.40. The largest absolute Gasteiger partial charge is 0.495 e. The highest BCUT2D eigenvalue weighted by Gasteiger charge is 2.23. The summed E-state index contributed by atoms with van der Waals surface area (Å²) < 4.78 is 5.38. The first-order chi connectivity index (χ1) is 12.1. The van der Waals surface area contributed by atoms with Gasteiger partial charge in [-0.05, 0) is 55.3 Å². The van der Waals surface area contributed by atoms with E-state index in [0.717, 1.165) is 12.8 Å². The number of rotatable bonds is 4. The molecule has 0 bridgehead atoms. The first kappa shape index (κ1) is 19.6. The predicted octanol–water partition coefficient (Wildman–Crippen LogP) is 3.47. The summed E-state index contributed by atoms with van der Waals surface area (Å²) in [6.45, 7) is 0.657. The second-order valence-electron chi connectivity index (χ2n) is 5.97. The first-order valence-corrected chi connectivity index (χ1v) is 8.24. The van der Waals surface area contributed by atoms with Crippen LogP contribution < -0.4 is 20.7 Å². The van der Waals surface area contributed by atoms with Crippen molar-refractivity contribution in [1.82, 2.24) is 0 Å². The van der Waals surface area contributed by atoms with Gasteiger partial charge in [-0.15, -0.1) is 12.4 Å². The quantitative estimate of drug-likeness (QED) is 0.801. The molecule has 3 rings (SSSR count).